The van der Waals surface area contributed by atoms with Crippen LogP contribution in [0.3, 0.4) is 0 Å². The molecule has 1 amide bonds. The van der Waals surface area contributed by atoms with Gasteiger partial charge in [0.05, 0.1) is 12.8 Å². The fraction of sp³-hybridized carbons (Fsp3) is 0.421. The van der Waals surface area contributed by atoms with Gasteiger partial charge in [0.2, 0.25) is 5.91 Å². The summed E-state index contributed by atoms with van der Waals surface area (Å²) < 4.78 is 5.01. The average Bonchev–Trinajstić information content (AvgIpc) is 3.08. The Morgan fingerprint density at radius 3 is 2.63 bits per heavy atom. The zero-order chi connectivity index (χ0) is 19.4. The van der Waals surface area contributed by atoms with Gasteiger partial charge in [-0.05, 0) is 31.4 Å². The predicted octanol–water partition coefficient (Wildman–Crippen LogP) is 3.67. The topological polar surface area (TPSA) is 71.5 Å². The van der Waals surface area contributed by atoms with E-state index in [1.165, 1.54) is 18.4 Å². The molecule has 1 aromatic carbocycles. The highest BCUT2D eigenvalue weighted by molar-refractivity contribution is 7.13. The quantitative estimate of drug-likeness (QED) is 0.765. The second-order valence-electron chi connectivity index (χ2n) is 6.54. The van der Waals surface area contributed by atoms with Gasteiger partial charge in [0.1, 0.15) is 6.04 Å². The molecule has 144 valence electrons. The van der Waals surface area contributed by atoms with Crippen molar-refractivity contribution in [2.75, 3.05) is 25.5 Å². The van der Waals surface area contributed by atoms with Crippen LogP contribution in [0.5, 0.6) is 0 Å². The van der Waals surface area contributed by atoms with Crippen LogP contribution in [0.4, 0.5) is 5.13 Å². The van der Waals surface area contributed by atoms with Gasteiger partial charge in [-0.15, -0.1) is 11.3 Å². The van der Waals surface area contributed by atoms with Crippen LogP contribution in [0, 0.1) is 12.8 Å². The molecule has 1 aliphatic rings. The Hall–Kier alpha value is -1.96. The molecule has 1 unspecified atom stereocenters. The number of aromatic nitrogens is 1. The number of rotatable bonds is 5. The number of carbonyl (C=O) groups is 2. The van der Waals surface area contributed by atoms with Gasteiger partial charge in [0.25, 0.3) is 0 Å². The fourth-order valence-electron chi connectivity index (χ4n) is 3.32. The van der Waals surface area contributed by atoms with Crippen LogP contribution in [0.1, 0.15) is 30.1 Å². The van der Waals surface area contributed by atoms with Crippen LogP contribution < -0.4 is 5.32 Å². The number of ether oxygens (including phenoxy) is 1. The van der Waals surface area contributed by atoms with Crippen LogP contribution in [0.2, 0.25) is 5.02 Å². The van der Waals surface area contributed by atoms with E-state index in [0.29, 0.717) is 36.1 Å². The summed E-state index contributed by atoms with van der Waals surface area (Å²) in [6.07, 6.45) is 1.32. The van der Waals surface area contributed by atoms with Crippen molar-refractivity contribution in [3.8, 4) is 0 Å². The average molecular weight is 408 g/mol. The van der Waals surface area contributed by atoms with E-state index >= 15 is 0 Å². The lowest BCUT2D eigenvalue weighted by Crippen LogP contribution is -2.43. The first-order chi connectivity index (χ1) is 13.0. The lowest BCUT2D eigenvalue weighted by atomic mass is 9.93. The van der Waals surface area contributed by atoms with Gasteiger partial charge < -0.3 is 10.1 Å². The molecule has 2 aromatic rings. The molecule has 1 atom stereocenters. The Bertz CT molecular complexity index is 818. The third-order valence-electron chi connectivity index (χ3n) is 4.74. The summed E-state index contributed by atoms with van der Waals surface area (Å²) in [6, 6.07) is 6.73. The molecule has 2 heterocycles. The highest BCUT2D eigenvalue weighted by Crippen LogP contribution is 2.32. The number of methoxy groups -OCH3 is 1. The van der Waals surface area contributed by atoms with E-state index in [9.17, 15) is 9.59 Å². The van der Waals surface area contributed by atoms with Gasteiger partial charge in [0.15, 0.2) is 5.13 Å². The standard InChI is InChI=1S/C19H22ClN3O3S/c1-12-11-27-19(21-12)22-17(24)13-7-9-23(10-8-13)16(18(25)26-2)14-5-3-4-6-15(14)20/h3-6,11,13,16H,7-10H2,1-2H3,(H,21,22,24). The van der Waals surface area contributed by atoms with E-state index in [-0.39, 0.29) is 17.8 Å². The Labute approximate surface area is 167 Å². The summed E-state index contributed by atoms with van der Waals surface area (Å²) >= 11 is 7.73. The zero-order valence-electron chi connectivity index (χ0n) is 15.3. The van der Waals surface area contributed by atoms with Gasteiger partial charge in [-0.1, -0.05) is 29.8 Å². The smallest absolute Gasteiger partial charge is 0.327 e. The number of hydrogen-bond donors (Lipinski definition) is 1. The number of benzene rings is 1. The summed E-state index contributed by atoms with van der Waals surface area (Å²) in [4.78, 5) is 31.2. The third-order valence-corrected chi connectivity index (χ3v) is 5.96. The van der Waals surface area contributed by atoms with Crippen molar-refractivity contribution >= 4 is 39.9 Å². The normalized spacial score (nSPS) is 16.7. The molecular formula is C19H22ClN3O3S. The summed E-state index contributed by atoms with van der Waals surface area (Å²) in [7, 11) is 1.38. The number of piperidine rings is 1. The van der Waals surface area contributed by atoms with Crippen molar-refractivity contribution in [2.24, 2.45) is 5.92 Å². The molecule has 1 fully saturated rings. The number of nitrogens with zero attached hydrogens (tertiary/aromatic N) is 2. The highest BCUT2D eigenvalue weighted by Gasteiger charge is 2.34. The number of anilines is 1. The Kier molecular flexibility index (Phi) is 6.46. The number of nitrogens with one attached hydrogen (secondary N) is 1. The Morgan fingerprint density at radius 2 is 2.04 bits per heavy atom. The zero-order valence-corrected chi connectivity index (χ0v) is 16.8. The molecule has 27 heavy (non-hydrogen) atoms. The molecule has 3 rings (SSSR count). The molecule has 1 saturated heterocycles. The van der Waals surface area contributed by atoms with Gasteiger partial charge in [-0.3, -0.25) is 9.69 Å². The van der Waals surface area contributed by atoms with Crippen LogP contribution in [0.15, 0.2) is 29.6 Å². The maximum atomic E-state index is 12.5. The molecule has 0 spiro atoms. The molecule has 0 saturated carbocycles. The van der Waals surface area contributed by atoms with Crippen molar-refractivity contribution < 1.29 is 14.3 Å². The summed E-state index contributed by atoms with van der Waals surface area (Å²) in [5.74, 6) is -0.462. The first kappa shape index (κ1) is 19.8. The van der Waals surface area contributed by atoms with E-state index in [1.54, 1.807) is 6.07 Å². The molecule has 0 bridgehead atoms. The molecule has 1 aromatic heterocycles. The summed E-state index contributed by atoms with van der Waals surface area (Å²) in [5.41, 5.74) is 1.62. The number of hydrogen-bond acceptors (Lipinski definition) is 6. The SMILES string of the molecule is COC(=O)C(c1ccccc1Cl)N1CCC(C(=O)Nc2nc(C)cs2)CC1. The van der Waals surface area contributed by atoms with E-state index < -0.39 is 6.04 Å². The van der Waals surface area contributed by atoms with Gasteiger partial charge in [0, 0.05) is 29.4 Å². The van der Waals surface area contributed by atoms with Crippen molar-refractivity contribution in [1.29, 1.82) is 0 Å². The van der Waals surface area contributed by atoms with E-state index in [2.05, 4.69) is 10.3 Å². The van der Waals surface area contributed by atoms with Crippen LogP contribution in [0.25, 0.3) is 0 Å². The van der Waals surface area contributed by atoms with E-state index in [4.69, 9.17) is 16.3 Å². The maximum absolute atomic E-state index is 12.5. The van der Waals surface area contributed by atoms with Crippen molar-refractivity contribution in [1.82, 2.24) is 9.88 Å². The number of esters is 1. The van der Waals surface area contributed by atoms with Crippen LogP contribution >= 0.6 is 22.9 Å². The number of halogens is 1. The maximum Gasteiger partial charge on any atom is 0.327 e. The summed E-state index contributed by atoms with van der Waals surface area (Å²) in [6.45, 7) is 3.12. The number of amides is 1. The van der Waals surface area contributed by atoms with Gasteiger partial charge >= 0.3 is 5.97 Å². The van der Waals surface area contributed by atoms with Crippen molar-refractivity contribution in [3.63, 3.8) is 0 Å². The minimum Gasteiger partial charge on any atom is -0.468 e. The third kappa shape index (κ3) is 4.66. The molecule has 6 nitrogen and oxygen atoms in total. The first-order valence-corrected chi connectivity index (χ1v) is 10.0. The molecular weight excluding hydrogens is 386 g/mol. The highest BCUT2D eigenvalue weighted by atomic mass is 35.5. The molecule has 0 radical (unpaired) electrons. The van der Waals surface area contributed by atoms with Crippen LogP contribution in [-0.2, 0) is 14.3 Å². The van der Waals surface area contributed by atoms with Crippen LogP contribution in [-0.4, -0.2) is 42.0 Å². The van der Waals surface area contributed by atoms with E-state index in [0.717, 1.165) is 11.3 Å². The first-order valence-electron chi connectivity index (χ1n) is 8.79. The second-order valence-corrected chi connectivity index (χ2v) is 7.81. The minimum absolute atomic E-state index is 0.0173. The lowest BCUT2D eigenvalue weighted by molar-refractivity contribution is -0.148. The lowest BCUT2D eigenvalue weighted by Gasteiger charge is -2.36. The minimum atomic E-state index is -0.561. The predicted molar refractivity (Wildman–Crippen MR) is 106 cm³/mol. The number of aryl methyl sites for hydroxylation is 1. The molecule has 0 aliphatic carbocycles. The fourth-order valence-corrected chi connectivity index (χ4v) is 4.25. The molecule has 8 heteroatoms. The van der Waals surface area contributed by atoms with E-state index in [1.807, 2.05) is 35.4 Å². The largest absolute Gasteiger partial charge is 0.468 e. The molecule has 1 aliphatic heterocycles. The Balaban J connectivity index is 1.66. The number of carbonyl (C=O) groups excluding carboxylic acids is 2. The van der Waals surface area contributed by atoms with Crippen molar-refractivity contribution in [3.05, 3.63) is 45.9 Å². The number of likely N-dealkylation sites (tertiary alicyclic amines) is 1. The Morgan fingerprint density at radius 1 is 1.33 bits per heavy atom. The molecule has 1 N–H and O–H groups in total. The van der Waals surface area contributed by atoms with Crippen molar-refractivity contribution in [2.45, 2.75) is 25.8 Å². The van der Waals surface area contributed by atoms with Gasteiger partial charge in [-0.2, -0.15) is 0 Å². The summed E-state index contributed by atoms with van der Waals surface area (Å²) in [5, 5.41) is 5.96. The second kappa shape index (κ2) is 8.82. The monoisotopic (exact) mass is 407 g/mol. The number of thiazole rings is 1. The van der Waals surface area contributed by atoms with Gasteiger partial charge in [-0.25, -0.2) is 9.78 Å².